The van der Waals surface area contributed by atoms with E-state index >= 15 is 0 Å². The van der Waals surface area contributed by atoms with Gasteiger partial charge < -0.3 is 15.6 Å². The number of aromatic nitrogens is 1. The maximum Gasteiger partial charge on any atom is 0.323 e. The molecule has 2 amide bonds. The molecule has 0 spiro atoms. The van der Waals surface area contributed by atoms with Crippen LogP contribution in [0.4, 0.5) is 29.3 Å². The van der Waals surface area contributed by atoms with Crippen molar-refractivity contribution in [3.8, 4) is 0 Å². The molecule has 0 atom stereocenters. The van der Waals surface area contributed by atoms with Crippen molar-refractivity contribution in [2.45, 2.75) is 24.7 Å². The Morgan fingerprint density at radius 1 is 1.15 bits per heavy atom. The minimum Gasteiger partial charge on any atom is -0.359 e. The first-order chi connectivity index (χ1) is 12.8. The fourth-order valence-electron chi connectivity index (χ4n) is 3.30. The third kappa shape index (κ3) is 3.60. The molecule has 0 bridgehead atoms. The van der Waals surface area contributed by atoms with E-state index in [1.54, 1.807) is 24.4 Å². The molecule has 0 unspecified atom stereocenters. The summed E-state index contributed by atoms with van der Waals surface area (Å²) < 4.78 is 40.2. The van der Waals surface area contributed by atoms with Gasteiger partial charge in [0, 0.05) is 40.7 Å². The minimum absolute atomic E-state index is 0.234. The van der Waals surface area contributed by atoms with Crippen molar-refractivity contribution in [3.05, 3.63) is 59.0 Å². The summed E-state index contributed by atoms with van der Waals surface area (Å²) in [4.78, 5) is 15.2. The minimum atomic E-state index is -2.71. The second kappa shape index (κ2) is 6.49. The van der Waals surface area contributed by atoms with Crippen LogP contribution in [0.15, 0.2) is 42.6 Å². The van der Waals surface area contributed by atoms with Gasteiger partial charge in [-0.3, -0.25) is 0 Å². The molecule has 3 aromatic rings. The number of carbonyl (C=O) groups is 1. The first-order valence-electron chi connectivity index (χ1n) is 8.33. The fourth-order valence-corrected chi connectivity index (χ4v) is 3.47. The second-order valence-electron chi connectivity index (χ2n) is 6.67. The van der Waals surface area contributed by atoms with E-state index in [0.717, 1.165) is 17.0 Å². The topological polar surface area (TPSA) is 56.9 Å². The molecule has 1 heterocycles. The normalized spacial score (nSPS) is 16.1. The number of benzene rings is 2. The molecule has 8 heteroatoms. The Labute approximate surface area is 157 Å². The summed E-state index contributed by atoms with van der Waals surface area (Å²) in [5.41, 5.74) is 1.82. The number of fused-ring (bicyclic) bond motifs is 1. The quantitative estimate of drug-likeness (QED) is 0.493. The monoisotopic (exact) mass is 393 g/mol. The Balaban J connectivity index is 1.45. The first-order valence-corrected chi connectivity index (χ1v) is 8.70. The van der Waals surface area contributed by atoms with Crippen LogP contribution in [-0.4, -0.2) is 16.9 Å². The second-order valence-corrected chi connectivity index (χ2v) is 7.11. The highest BCUT2D eigenvalue weighted by Crippen LogP contribution is 2.49. The summed E-state index contributed by atoms with van der Waals surface area (Å²) in [6.07, 6.45) is 0.932. The average molecular weight is 394 g/mol. The molecule has 4 nitrogen and oxygen atoms in total. The van der Waals surface area contributed by atoms with Crippen LogP contribution < -0.4 is 10.6 Å². The van der Waals surface area contributed by atoms with Gasteiger partial charge in [0.2, 0.25) is 5.92 Å². The van der Waals surface area contributed by atoms with Crippen LogP contribution in [-0.2, 0) is 0 Å². The third-order valence-corrected chi connectivity index (χ3v) is 4.92. The van der Waals surface area contributed by atoms with E-state index in [-0.39, 0.29) is 24.1 Å². The molecule has 1 fully saturated rings. The van der Waals surface area contributed by atoms with Gasteiger partial charge in [-0.05, 0) is 41.8 Å². The van der Waals surface area contributed by atoms with Crippen LogP contribution >= 0.6 is 11.6 Å². The van der Waals surface area contributed by atoms with Gasteiger partial charge in [0.05, 0.1) is 5.69 Å². The molecule has 1 saturated carbocycles. The van der Waals surface area contributed by atoms with Crippen molar-refractivity contribution in [3.63, 3.8) is 0 Å². The van der Waals surface area contributed by atoms with Gasteiger partial charge in [0.15, 0.2) is 0 Å². The number of halogens is 4. The molecular weight excluding hydrogens is 379 g/mol. The van der Waals surface area contributed by atoms with Gasteiger partial charge in [0.25, 0.3) is 0 Å². The van der Waals surface area contributed by atoms with Crippen LogP contribution in [0, 0.1) is 5.82 Å². The number of amides is 2. The maximum atomic E-state index is 14.2. The Bertz CT molecular complexity index is 1030. The first kappa shape index (κ1) is 17.7. The van der Waals surface area contributed by atoms with Crippen LogP contribution in [0.3, 0.4) is 0 Å². The van der Waals surface area contributed by atoms with Crippen LogP contribution in [0.2, 0.25) is 5.02 Å². The Hall–Kier alpha value is -2.67. The van der Waals surface area contributed by atoms with E-state index in [9.17, 15) is 18.0 Å². The van der Waals surface area contributed by atoms with Crippen LogP contribution in [0.5, 0.6) is 0 Å². The van der Waals surface area contributed by atoms with Crippen molar-refractivity contribution in [1.82, 2.24) is 4.98 Å². The van der Waals surface area contributed by atoms with Gasteiger partial charge in [0.1, 0.15) is 5.82 Å². The summed E-state index contributed by atoms with van der Waals surface area (Å²) in [5, 5.41) is 6.48. The average Bonchev–Trinajstić information content (AvgIpc) is 2.95. The molecule has 0 saturated heterocycles. The van der Waals surface area contributed by atoms with Crippen LogP contribution in [0.1, 0.15) is 24.3 Å². The lowest BCUT2D eigenvalue weighted by Gasteiger charge is -2.35. The lowest BCUT2D eigenvalue weighted by Crippen LogP contribution is -2.34. The number of nitrogens with one attached hydrogen (secondary N) is 3. The predicted molar refractivity (Wildman–Crippen MR) is 99.3 cm³/mol. The SMILES string of the molecule is O=C(Nc1ccc(C2CC(F)(F)C2)c(F)c1)Nc1c[nH]c2ccc(Cl)cc12. The highest BCUT2D eigenvalue weighted by molar-refractivity contribution is 6.31. The van der Waals surface area contributed by atoms with Crippen molar-refractivity contribution in [2.24, 2.45) is 0 Å². The summed E-state index contributed by atoms with van der Waals surface area (Å²) in [5.74, 6) is -3.80. The molecule has 140 valence electrons. The highest BCUT2D eigenvalue weighted by atomic mass is 35.5. The number of alkyl halides is 2. The summed E-state index contributed by atoms with van der Waals surface area (Å²) in [6.45, 7) is 0. The molecule has 0 radical (unpaired) electrons. The predicted octanol–water partition coefficient (Wildman–Crippen LogP) is 6.12. The number of anilines is 2. The lowest BCUT2D eigenvalue weighted by atomic mass is 9.76. The number of rotatable bonds is 3. The van der Waals surface area contributed by atoms with E-state index in [0.29, 0.717) is 10.7 Å². The number of H-pyrrole nitrogens is 1. The standard InChI is InChI=1S/C19H15ClF3N3O/c20-11-1-4-16-14(5-11)17(9-24-16)26-18(27)25-12-2-3-13(15(21)6-12)10-7-19(22,23)8-10/h1-6,9-10,24H,7-8H2,(H2,25,26,27). The number of carbonyl (C=O) groups excluding carboxylic acids is 1. The molecule has 4 rings (SSSR count). The zero-order valence-electron chi connectivity index (χ0n) is 14.0. The van der Waals surface area contributed by atoms with Crippen molar-refractivity contribution in [1.29, 1.82) is 0 Å². The largest absolute Gasteiger partial charge is 0.359 e. The van der Waals surface area contributed by atoms with Crippen molar-refractivity contribution < 1.29 is 18.0 Å². The molecule has 27 heavy (non-hydrogen) atoms. The smallest absolute Gasteiger partial charge is 0.323 e. The summed E-state index contributed by atoms with van der Waals surface area (Å²) in [7, 11) is 0. The number of hydrogen-bond acceptors (Lipinski definition) is 1. The third-order valence-electron chi connectivity index (χ3n) is 4.68. The van der Waals surface area contributed by atoms with Gasteiger partial charge >= 0.3 is 6.03 Å². The van der Waals surface area contributed by atoms with Crippen LogP contribution in [0.25, 0.3) is 10.9 Å². The maximum absolute atomic E-state index is 14.2. The fraction of sp³-hybridized carbons (Fsp3) is 0.211. The number of aromatic amines is 1. The van der Waals surface area contributed by atoms with Crippen molar-refractivity contribution in [2.75, 3.05) is 10.6 Å². The lowest BCUT2D eigenvalue weighted by molar-refractivity contribution is -0.0873. The van der Waals surface area contributed by atoms with Crippen molar-refractivity contribution >= 4 is 39.9 Å². The van der Waals surface area contributed by atoms with Gasteiger partial charge in [-0.1, -0.05) is 17.7 Å². The van der Waals surface area contributed by atoms with E-state index in [1.165, 1.54) is 12.1 Å². The molecule has 3 N–H and O–H groups in total. The van der Waals surface area contributed by atoms with E-state index in [4.69, 9.17) is 11.6 Å². The summed E-state index contributed by atoms with van der Waals surface area (Å²) >= 11 is 5.98. The highest BCUT2D eigenvalue weighted by Gasteiger charge is 2.46. The van der Waals surface area contributed by atoms with Gasteiger partial charge in [-0.2, -0.15) is 0 Å². The Kier molecular flexibility index (Phi) is 4.26. The van der Waals surface area contributed by atoms with Gasteiger partial charge in [-0.15, -0.1) is 0 Å². The molecule has 1 aliphatic rings. The number of urea groups is 1. The number of hydrogen-bond donors (Lipinski definition) is 3. The molecular formula is C19H15ClF3N3O. The Morgan fingerprint density at radius 2 is 1.93 bits per heavy atom. The summed E-state index contributed by atoms with van der Waals surface area (Å²) in [6, 6.07) is 8.75. The molecule has 0 aliphatic heterocycles. The molecule has 2 aromatic carbocycles. The van der Waals surface area contributed by atoms with E-state index in [1.807, 2.05) is 0 Å². The molecule has 1 aliphatic carbocycles. The zero-order chi connectivity index (χ0) is 19.2. The molecule has 1 aromatic heterocycles. The van der Waals surface area contributed by atoms with E-state index < -0.39 is 23.7 Å². The zero-order valence-corrected chi connectivity index (χ0v) is 14.7. The van der Waals surface area contributed by atoms with Gasteiger partial charge in [-0.25, -0.2) is 18.0 Å². The Morgan fingerprint density at radius 3 is 2.63 bits per heavy atom. The van der Waals surface area contributed by atoms with E-state index in [2.05, 4.69) is 15.6 Å².